The number of fused-ring (bicyclic) bond motifs is 5. The van der Waals surface area contributed by atoms with Crippen molar-refractivity contribution in [3.8, 4) is 11.3 Å². The SMILES string of the molecule is Cc1ccc2c(CC(C)(C)C)c3c(c(C)c2c1)-c1c2c(cc4c(CC(C)(C)C)cccc4c2cc[n+]1C)S3. The minimum absolute atomic E-state index is 0.194. The molecule has 6 rings (SSSR count). The van der Waals surface area contributed by atoms with Gasteiger partial charge in [0.1, 0.15) is 7.05 Å². The van der Waals surface area contributed by atoms with Crippen molar-refractivity contribution in [3.63, 3.8) is 0 Å². The van der Waals surface area contributed by atoms with Gasteiger partial charge < -0.3 is 0 Å². The van der Waals surface area contributed by atoms with Gasteiger partial charge in [0, 0.05) is 21.2 Å². The Morgan fingerprint density at radius 3 is 2.18 bits per heavy atom. The van der Waals surface area contributed by atoms with Crippen molar-refractivity contribution in [1.82, 2.24) is 0 Å². The lowest BCUT2D eigenvalue weighted by molar-refractivity contribution is -0.659. The molecule has 0 aliphatic carbocycles. The lowest BCUT2D eigenvalue weighted by Gasteiger charge is -2.28. The summed E-state index contributed by atoms with van der Waals surface area (Å²) in [6, 6.07) is 18.8. The quantitative estimate of drug-likeness (QED) is 0.163. The van der Waals surface area contributed by atoms with Gasteiger partial charge in [-0.1, -0.05) is 95.3 Å². The Labute approximate surface area is 232 Å². The van der Waals surface area contributed by atoms with Crippen LogP contribution in [0.5, 0.6) is 0 Å². The van der Waals surface area contributed by atoms with Crippen LogP contribution in [-0.4, -0.2) is 0 Å². The molecule has 4 aromatic carbocycles. The fourth-order valence-corrected chi connectivity index (χ4v) is 7.84. The smallest absolute Gasteiger partial charge is 0.200 e. The van der Waals surface area contributed by atoms with E-state index in [9.17, 15) is 0 Å². The van der Waals surface area contributed by atoms with E-state index in [0.717, 1.165) is 12.8 Å². The van der Waals surface area contributed by atoms with E-state index in [1.54, 1.807) is 0 Å². The third kappa shape index (κ3) is 4.13. The number of pyridine rings is 1. The van der Waals surface area contributed by atoms with Crippen LogP contribution < -0.4 is 4.57 Å². The summed E-state index contributed by atoms with van der Waals surface area (Å²) in [6.07, 6.45) is 4.41. The zero-order chi connectivity index (χ0) is 27.1. The van der Waals surface area contributed by atoms with E-state index >= 15 is 0 Å². The lowest BCUT2D eigenvalue weighted by Crippen LogP contribution is -2.32. The van der Waals surface area contributed by atoms with E-state index in [2.05, 4.69) is 122 Å². The molecule has 1 aromatic heterocycles. The molecule has 5 aromatic rings. The highest BCUT2D eigenvalue weighted by Gasteiger charge is 2.33. The maximum absolute atomic E-state index is 2.51. The average Bonchev–Trinajstić information content (AvgIpc) is 2.82. The van der Waals surface area contributed by atoms with Crippen molar-refractivity contribution in [1.29, 1.82) is 0 Å². The van der Waals surface area contributed by atoms with E-state index in [4.69, 9.17) is 0 Å². The topological polar surface area (TPSA) is 3.88 Å². The summed E-state index contributed by atoms with van der Waals surface area (Å²) in [7, 11) is 2.22. The van der Waals surface area contributed by atoms with Gasteiger partial charge in [-0.2, -0.15) is 0 Å². The van der Waals surface area contributed by atoms with Crippen LogP contribution in [-0.2, 0) is 19.9 Å². The molecule has 0 saturated carbocycles. The van der Waals surface area contributed by atoms with Gasteiger partial charge in [0.05, 0.1) is 10.9 Å². The van der Waals surface area contributed by atoms with Crippen molar-refractivity contribution in [2.24, 2.45) is 17.9 Å². The third-order valence-corrected chi connectivity index (χ3v) is 9.19. The molecule has 1 aliphatic heterocycles. The number of nitrogens with zero attached hydrogens (tertiary/aromatic N) is 1. The van der Waals surface area contributed by atoms with Gasteiger partial charge in [-0.25, -0.2) is 4.57 Å². The van der Waals surface area contributed by atoms with Gasteiger partial charge in [-0.15, -0.1) is 0 Å². The maximum atomic E-state index is 2.51. The Morgan fingerprint density at radius 2 is 1.47 bits per heavy atom. The normalized spacial score (nSPS) is 13.5. The molecule has 0 atom stereocenters. The van der Waals surface area contributed by atoms with E-state index in [1.807, 2.05) is 11.8 Å². The highest BCUT2D eigenvalue weighted by Crippen LogP contribution is 2.53. The van der Waals surface area contributed by atoms with Crippen molar-refractivity contribution in [2.45, 2.75) is 78.0 Å². The maximum Gasteiger partial charge on any atom is 0.222 e. The molecule has 0 amide bonds. The molecule has 0 N–H and O–H groups in total. The van der Waals surface area contributed by atoms with Crippen LogP contribution in [0, 0.1) is 24.7 Å². The molecule has 1 aliphatic rings. The monoisotopic (exact) mass is 518 g/mol. The number of hydrogen-bond donors (Lipinski definition) is 0. The Bertz CT molecular complexity index is 1780. The Kier molecular flexibility index (Phi) is 5.74. The fourth-order valence-electron chi connectivity index (χ4n) is 6.47. The lowest BCUT2D eigenvalue weighted by atomic mass is 9.82. The van der Waals surface area contributed by atoms with Crippen LogP contribution in [0.4, 0.5) is 0 Å². The number of aryl methyl sites for hydroxylation is 3. The first-order valence-electron chi connectivity index (χ1n) is 13.9. The van der Waals surface area contributed by atoms with E-state index in [1.165, 1.54) is 75.6 Å². The van der Waals surface area contributed by atoms with Crippen LogP contribution in [0.3, 0.4) is 0 Å². The van der Waals surface area contributed by atoms with Crippen molar-refractivity contribution >= 4 is 44.1 Å². The number of benzene rings is 4. The van der Waals surface area contributed by atoms with E-state index < -0.39 is 0 Å². The van der Waals surface area contributed by atoms with E-state index in [0.29, 0.717) is 0 Å². The molecule has 0 spiro atoms. The summed E-state index contributed by atoms with van der Waals surface area (Å²) in [4.78, 5) is 2.85. The van der Waals surface area contributed by atoms with Crippen LogP contribution >= 0.6 is 11.8 Å². The second-order valence-electron chi connectivity index (χ2n) is 13.9. The molecular formula is C36H40NS+. The number of aromatic nitrogens is 1. The molecule has 0 saturated heterocycles. The molecule has 38 heavy (non-hydrogen) atoms. The molecule has 0 radical (unpaired) electrons. The first-order valence-corrected chi connectivity index (χ1v) is 14.7. The first kappa shape index (κ1) is 25.4. The predicted octanol–water partition coefficient (Wildman–Crippen LogP) is 9.90. The summed E-state index contributed by atoms with van der Waals surface area (Å²) >= 11 is 2.01. The van der Waals surface area contributed by atoms with Gasteiger partial charge in [-0.05, 0) is 81.8 Å². The average molecular weight is 519 g/mol. The van der Waals surface area contributed by atoms with E-state index in [-0.39, 0.29) is 10.8 Å². The molecule has 1 nitrogen and oxygen atoms in total. The largest absolute Gasteiger partial charge is 0.222 e. The minimum atomic E-state index is 0.194. The molecule has 0 bridgehead atoms. The highest BCUT2D eigenvalue weighted by atomic mass is 32.2. The van der Waals surface area contributed by atoms with Gasteiger partial charge in [0.15, 0.2) is 6.20 Å². The second kappa shape index (κ2) is 8.58. The van der Waals surface area contributed by atoms with Crippen molar-refractivity contribution in [2.75, 3.05) is 0 Å². The van der Waals surface area contributed by atoms with Crippen molar-refractivity contribution in [3.05, 3.63) is 77.0 Å². The first-order chi connectivity index (χ1) is 17.8. The third-order valence-electron chi connectivity index (χ3n) is 7.99. The molecular weight excluding hydrogens is 478 g/mol. The predicted molar refractivity (Wildman–Crippen MR) is 165 cm³/mol. The zero-order valence-electron chi connectivity index (χ0n) is 24.5. The molecule has 2 heteroatoms. The van der Waals surface area contributed by atoms with Crippen LogP contribution in [0.2, 0.25) is 0 Å². The van der Waals surface area contributed by atoms with Gasteiger partial charge in [0.2, 0.25) is 5.69 Å². The van der Waals surface area contributed by atoms with Gasteiger partial charge in [0.25, 0.3) is 0 Å². The molecule has 2 heterocycles. The van der Waals surface area contributed by atoms with Gasteiger partial charge in [-0.3, -0.25) is 0 Å². The summed E-state index contributed by atoms with van der Waals surface area (Å²) in [5, 5.41) is 8.39. The standard InChI is InChI=1S/C36H40NS/c1-21-13-14-25-27(17-21)22(2)31-33-32-26(15-16-37(33)9)24-12-10-11-23(19-35(3,4)5)28(24)18-30(32)38-34(31)29(25)20-36(6,7)8/h10-18H,19-20H2,1-9H3/q+1. The Hall–Kier alpha value is -2.84. The summed E-state index contributed by atoms with van der Waals surface area (Å²) < 4.78 is 2.37. The number of hydrogen-bond acceptors (Lipinski definition) is 1. The summed E-state index contributed by atoms with van der Waals surface area (Å²) in [5.41, 5.74) is 8.91. The number of rotatable bonds is 2. The highest BCUT2D eigenvalue weighted by molar-refractivity contribution is 8.00. The molecule has 0 fully saturated rings. The minimum Gasteiger partial charge on any atom is -0.200 e. The van der Waals surface area contributed by atoms with Gasteiger partial charge >= 0.3 is 0 Å². The fraction of sp³-hybridized carbons (Fsp3) is 0.361. The zero-order valence-corrected chi connectivity index (χ0v) is 25.3. The van der Waals surface area contributed by atoms with Crippen LogP contribution in [0.15, 0.2) is 64.5 Å². The molecule has 194 valence electrons. The second-order valence-corrected chi connectivity index (χ2v) is 14.9. The summed E-state index contributed by atoms with van der Waals surface area (Å²) in [6.45, 7) is 18.7. The van der Waals surface area contributed by atoms with Crippen molar-refractivity contribution < 1.29 is 4.57 Å². The summed E-state index contributed by atoms with van der Waals surface area (Å²) in [5.74, 6) is 0. The Balaban J connectivity index is 1.76. The Morgan fingerprint density at radius 1 is 0.737 bits per heavy atom. The molecule has 0 unspecified atom stereocenters. The van der Waals surface area contributed by atoms with Crippen LogP contribution in [0.1, 0.15) is 63.8 Å². The van der Waals surface area contributed by atoms with Crippen LogP contribution in [0.25, 0.3) is 43.6 Å².